The lowest BCUT2D eigenvalue weighted by Gasteiger charge is -2.35. The number of carbonyl (C=O) groups is 2. The van der Waals surface area contributed by atoms with Crippen molar-refractivity contribution in [3.63, 3.8) is 0 Å². The number of hydrogen-bond acceptors (Lipinski definition) is 8. The lowest BCUT2D eigenvalue weighted by Crippen LogP contribution is -2.51. The summed E-state index contributed by atoms with van der Waals surface area (Å²) in [7, 11) is -4.58. The van der Waals surface area contributed by atoms with Gasteiger partial charge in [0.2, 0.25) is 11.8 Å². The van der Waals surface area contributed by atoms with Crippen LogP contribution in [0.5, 0.6) is 0 Å². The molecule has 10 nitrogen and oxygen atoms in total. The number of nitrogens with zero attached hydrogens (tertiary/aromatic N) is 2. The van der Waals surface area contributed by atoms with E-state index in [0.717, 1.165) is 11.1 Å². The van der Waals surface area contributed by atoms with Crippen LogP contribution in [0, 0.1) is 0 Å². The van der Waals surface area contributed by atoms with E-state index in [9.17, 15) is 18.7 Å². The van der Waals surface area contributed by atoms with Crippen LogP contribution in [0.3, 0.4) is 0 Å². The standard InChI is InChI=1S/C26H40N2O8P2/c1-23(2)15-27(16-24(3,4)34-37(31)33-23)21(29)13-19-10-9-11-20(12-19)14-22(30)28-17-25(5,6)35-38(32)36-26(7,8)18-28/h9-12H,13-18H2,1-8H3/q+2. The van der Waals surface area contributed by atoms with Gasteiger partial charge in [0.1, 0.15) is 22.4 Å². The Kier molecular flexibility index (Phi) is 9.19. The molecule has 0 saturated carbocycles. The third-order valence-electron chi connectivity index (χ3n) is 5.98. The monoisotopic (exact) mass is 570 g/mol. The maximum absolute atomic E-state index is 13.3. The molecule has 1 aromatic carbocycles. The molecule has 2 saturated heterocycles. The highest BCUT2D eigenvalue weighted by molar-refractivity contribution is 7.33. The predicted molar refractivity (Wildman–Crippen MR) is 143 cm³/mol. The molecule has 0 spiro atoms. The summed E-state index contributed by atoms with van der Waals surface area (Å²) in [5.41, 5.74) is -1.76. The minimum Gasteiger partial charge on any atom is -0.336 e. The lowest BCUT2D eigenvalue weighted by molar-refractivity contribution is -0.138. The Hall–Kier alpha value is -1.80. The lowest BCUT2D eigenvalue weighted by atomic mass is 10.0. The smallest absolute Gasteiger partial charge is 0.336 e. The summed E-state index contributed by atoms with van der Waals surface area (Å²) >= 11 is 0. The molecule has 0 radical (unpaired) electrons. The summed E-state index contributed by atoms with van der Waals surface area (Å²) < 4.78 is 46.4. The van der Waals surface area contributed by atoms with Crippen LogP contribution in [-0.2, 0) is 49.7 Å². The molecular weight excluding hydrogens is 530 g/mol. The average molecular weight is 571 g/mol. The Labute approximate surface area is 227 Å². The van der Waals surface area contributed by atoms with Gasteiger partial charge in [-0.1, -0.05) is 24.3 Å². The molecule has 2 amide bonds. The van der Waals surface area contributed by atoms with Crippen LogP contribution in [-0.4, -0.2) is 70.2 Å². The Morgan fingerprint density at radius 2 is 0.947 bits per heavy atom. The van der Waals surface area contributed by atoms with E-state index >= 15 is 0 Å². The quantitative estimate of drug-likeness (QED) is 0.468. The predicted octanol–water partition coefficient (Wildman–Crippen LogP) is 4.95. The van der Waals surface area contributed by atoms with Gasteiger partial charge in [0.15, 0.2) is 0 Å². The van der Waals surface area contributed by atoms with Crippen LogP contribution in [0.1, 0.15) is 66.5 Å². The summed E-state index contributed by atoms with van der Waals surface area (Å²) in [5, 5.41) is 0. The number of amides is 2. The molecule has 0 unspecified atom stereocenters. The second-order valence-electron chi connectivity index (χ2n) is 12.5. The molecule has 0 N–H and O–H groups in total. The second kappa shape index (κ2) is 11.4. The highest BCUT2D eigenvalue weighted by Crippen LogP contribution is 2.40. The van der Waals surface area contributed by atoms with E-state index < -0.39 is 38.9 Å². The third-order valence-corrected chi connectivity index (χ3v) is 8.55. The average Bonchev–Trinajstić information content (AvgIpc) is 2.68. The zero-order valence-corrected chi connectivity index (χ0v) is 25.4. The van der Waals surface area contributed by atoms with Crippen molar-refractivity contribution in [1.29, 1.82) is 0 Å². The molecular formula is C26H40N2O8P2+2. The first-order chi connectivity index (χ1) is 17.3. The highest BCUT2D eigenvalue weighted by Gasteiger charge is 2.47. The van der Waals surface area contributed by atoms with Crippen molar-refractivity contribution >= 4 is 28.3 Å². The normalized spacial score (nSPS) is 23.2. The van der Waals surface area contributed by atoms with Crippen LogP contribution < -0.4 is 0 Å². The minimum atomic E-state index is -2.29. The minimum absolute atomic E-state index is 0.116. The molecule has 3 rings (SSSR count). The van der Waals surface area contributed by atoms with Gasteiger partial charge in [0, 0.05) is 9.13 Å². The van der Waals surface area contributed by atoms with Crippen molar-refractivity contribution in [2.24, 2.45) is 0 Å². The Morgan fingerprint density at radius 3 is 1.24 bits per heavy atom. The maximum Gasteiger partial charge on any atom is 0.698 e. The molecule has 2 aliphatic rings. The van der Waals surface area contributed by atoms with E-state index in [1.807, 2.05) is 24.3 Å². The highest BCUT2D eigenvalue weighted by atomic mass is 31.1. The maximum atomic E-state index is 13.3. The fraction of sp³-hybridized carbons (Fsp3) is 0.692. The molecule has 2 fully saturated rings. The van der Waals surface area contributed by atoms with Crippen molar-refractivity contribution in [3.8, 4) is 0 Å². The molecule has 38 heavy (non-hydrogen) atoms. The molecule has 2 heterocycles. The van der Waals surface area contributed by atoms with Gasteiger partial charge < -0.3 is 9.80 Å². The largest absolute Gasteiger partial charge is 0.698 e. The molecule has 210 valence electrons. The van der Waals surface area contributed by atoms with E-state index in [4.69, 9.17) is 18.1 Å². The third kappa shape index (κ3) is 9.15. The fourth-order valence-corrected chi connectivity index (χ4v) is 6.61. The number of rotatable bonds is 4. The van der Waals surface area contributed by atoms with Crippen LogP contribution in [0.4, 0.5) is 0 Å². The first-order valence-electron chi connectivity index (χ1n) is 12.7. The molecule has 0 bridgehead atoms. The summed E-state index contributed by atoms with van der Waals surface area (Å²) in [6.45, 7) is 15.3. The van der Waals surface area contributed by atoms with E-state index in [1.165, 1.54) is 0 Å². The number of hydrogen-bond donors (Lipinski definition) is 0. The van der Waals surface area contributed by atoms with Crippen molar-refractivity contribution in [2.45, 2.75) is 90.6 Å². The first-order valence-corrected chi connectivity index (χ1v) is 14.9. The van der Waals surface area contributed by atoms with Crippen LogP contribution in [0.15, 0.2) is 24.3 Å². The van der Waals surface area contributed by atoms with Gasteiger partial charge in [-0.25, -0.2) is 0 Å². The van der Waals surface area contributed by atoms with Gasteiger partial charge in [-0.3, -0.25) is 9.59 Å². The Balaban J connectivity index is 1.72. The van der Waals surface area contributed by atoms with Crippen molar-refractivity contribution < 1.29 is 36.8 Å². The molecule has 0 aliphatic carbocycles. The number of benzene rings is 1. The summed E-state index contributed by atoms with van der Waals surface area (Å²) in [6.07, 6.45) is 0.275. The molecule has 0 aromatic heterocycles. The van der Waals surface area contributed by atoms with E-state index in [0.29, 0.717) is 0 Å². The van der Waals surface area contributed by atoms with Gasteiger partial charge in [0.25, 0.3) is 0 Å². The van der Waals surface area contributed by atoms with E-state index in [1.54, 1.807) is 65.2 Å². The summed E-state index contributed by atoms with van der Waals surface area (Å²) in [6, 6.07) is 7.42. The zero-order valence-electron chi connectivity index (χ0n) is 23.6. The molecule has 1 aromatic rings. The van der Waals surface area contributed by atoms with Gasteiger partial charge in [-0.15, -0.1) is 18.1 Å². The van der Waals surface area contributed by atoms with Crippen LogP contribution >= 0.6 is 16.5 Å². The first kappa shape index (κ1) is 30.7. The SMILES string of the molecule is CC1(C)CN(C(=O)Cc2cccc(CC(=O)N3CC(C)(C)O[P+](=O)OC(C)(C)C3)c2)CC(C)(C)O[P+](=O)O1. The van der Waals surface area contributed by atoms with Gasteiger partial charge in [-0.2, -0.15) is 0 Å². The summed E-state index contributed by atoms with van der Waals surface area (Å²) in [5.74, 6) is -0.232. The topological polar surface area (TPSA) is 112 Å². The van der Waals surface area contributed by atoms with Crippen molar-refractivity contribution in [1.82, 2.24) is 9.80 Å². The molecule has 0 atom stereocenters. The van der Waals surface area contributed by atoms with Gasteiger partial charge in [0.05, 0.1) is 39.0 Å². The van der Waals surface area contributed by atoms with Crippen molar-refractivity contribution in [3.05, 3.63) is 35.4 Å². The number of carbonyl (C=O) groups excluding carboxylic acids is 2. The van der Waals surface area contributed by atoms with E-state index in [2.05, 4.69) is 0 Å². The molecule has 12 heteroatoms. The van der Waals surface area contributed by atoms with Crippen LogP contribution in [0.25, 0.3) is 0 Å². The van der Waals surface area contributed by atoms with Gasteiger partial charge >= 0.3 is 16.5 Å². The van der Waals surface area contributed by atoms with Crippen LogP contribution in [0.2, 0.25) is 0 Å². The summed E-state index contributed by atoms with van der Waals surface area (Å²) in [4.78, 5) is 30.0. The molecule has 2 aliphatic heterocycles. The van der Waals surface area contributed by atoms with Gasteiger partial charge in [-0.05, 0) is 66.5 Å². The second-order valence-corrected chi connectivity index (χ2v) is 14.1. The van der Waals surface area contributed by atoms with Crippen molar-refractivity contribution in [2.75, 3.05) is 26.2 Å². The fourth-order valence-electron chi connectivity index (χ4n) is 4.69. The van der Waals surface area contributed by atoms with E-state index in [-0.39, 0.29) is 50.8 Å². The Bertz CT molecular complexity index is 977. The zero-order chi connectivity index (χ0) is 28.5. The Morgan fingerprint density at radius 1 is 0.658 bits per heavy atom.